The Morgan fingerprint density at radius 3 is 2.49 bits per heavy atom. The van der Waals surface area contributed by atoms with Crippen LogP contribution in [0.1, 0.15) is 31.1 Å². The van der Waals surface area contributed by atoms with Gasteiger partial charge in [0.25, 0.3) is 5.56 Å². The number of nitrogens with zero attached hydrogens (tertiary/aromatic N) is 4. The minimum absolute atomic E-state index is 0.0346. The maximum Gasteiger partial charge on any atom is 0.280 e. The van der Waals surface area contributed by atoms with Crippen LogP contribution in [0.15, 0.2) is 59.5 Å². The van der Waals surface area contributed by atoms with Crippen LogP contribution >= 0.6 is 23.2 Å². The Bertz CT molecular complexity index is 1450. The van der Waals surface area contributed by atoms with Crippen molar-refractivity contribution in [3.8, 4) is 22.8 Å². The summed E-state index contributed by atoms with van der Waals surface area (Å²) in [6.07, 6.45) is 1.55. The molecule has 0 atom stereocenters. The number of hydrogen-bond acceptors (Lipinski definition) is 6. The Balaban J connectivity index is 1.72. The molecule has 0 unspecified atom stereocenters. The summed E-state index contributed by atoms with van der Waals surface area (Å²) in [5.74, 6) is 0.160. The number of ether oxygens (including phenoxy) is 1. The van der Waals surface area contributed by atoms with Crippen molar-refractivity contribution >= 4 is 23.2 Å². The molecule has 0 aliphatic rings. The van der Waals surface area contributed by atoms with Gasteiger partial charge in [0.1, 0.15) is 23.8 Å². The van der Waals surface area contributed by atoms with Crippen LogP contribution in [0.25, 0.3) is 16.9 Å². The van der Waals surface area contributed by atoms with E-state index >= 15 is 0 Å². The molecule has 10 heteroatoms. The van der Waals surface area contributed by atoms with Crippen molar-refractivity contribution in [2.75, 3.05) is 0 Å². The second-order valence-electron chi connectivity index (χ2n) is 8.32. The van der Waals surface area contributed by atoms with Crippen LogP contribution in [0.3, 0.4) is 0 Å². The number of benzene rings is 2. The maximum atomic E-state index is 13.2. The van der Waals surface area contributed by atoms with Gasteiger partial charge in [-0.25, -0.2) is 14.4 Å². The van der Waals surface area contributed by atoms with Crippen molar-refractivity contribution in [3.05, 3.63) is 98.2 Å². The van der Waals surface area contributed by atoms with Gasteiger partial charge >= 0.3 is 0 Å². The molecule has 0 radical (unpaired) electrons. The summed E-state index contributed by atoms with van der Waals surface area (Å²) in [7, 11) is 0. The second-order valence-corrected chi connectivity index (χ2v) is 9.11. The molecule has 0 aliphatic carbocycles. The average Bonchev–Trinajstić information content (AvgIpc) is 2.82. The van der Waals surface area contributed by atoms with Crippen LogP contribution in [0, 0.1) is 12.7 Å². The zero-order chi connectivity index (χ0) is 25.3. The highest BCUT2D eigenvalue weighted by Gasteiger charge is 2.21. The fraction of sp³-hybridized carbons (Fsp3) is 0.200. The normalized spacial score (nSPS) is 11.5. The molecule has 35 heavy (non-hydrogen) atoms. The van der Waals surface area contributed by atoms with Crippen molar-refractivity contribution < 1.29 is 14.2 Å². The van der Waals surface area contributed by atoms with Crippen molar-refractivity contribution in [2.45, 2.75) is 33.0 Å². The molecule has 7 nitrogen and oxygen atoms in total. The summed E-state index contributed by atoms with van der Waals surface area (Å²) >= 11 is 12.8. The van der Waals surface area contributed by atoms with E-state index in [9.17, 15) is 14.3 Å². The lowest BCUT2D eigenvalue weighted by Gasteiger charge is -2.17. The molecule has 4 aromatic rings. The predicted molar refractivity (Wildman–Crippen MR) is 132 cm³/mol. The highest BCUT2D eigenvalue weighted by molar-refractivity contribution is 6.33. The summed E-state index contributed by atoms with van der Waals surface area (Å²) in [6.45, 7) is 4.87. The lowest BCUT2D eigenvalue weighted by molar-refractivity contribution is 0.0688. The molecule has 0 bridgehead atoms. The van der Waals surface area contributed by atoms with Crippen molar-refractivity contribution in [2.24, 2.45) is 0 Å². The first kappa shape index (κ1) is 24.8. The Morgan fingerprint density at radius 1 is 1.09 bits per heavy atom. The molecule has 2 heterocycles. The Labute approximate surface area is 210 Å². The van der Waals surface area contributed by atoms with Gasteiger partial charge in [0, 0.05) is 11.8 Å². The maximum absolute atomic E-state index is 13.2. The fourth-order valence-electron chi connectivity index (χ4n) is 3.35. The van der Waals surface area contributed by atoms with Crippen LogP contribution in [0.4, 0.5) is 4.39 Å². The zero-order valence-electron chi connectivity index (χ0n) is 19.1. The monoisotopic (exact) mass is 514 g/mol. The molecule has 2 aromatic heterocycles. The number of hydrogen-bond donors (Lipinski definition) is 1. The van der Waals surface area contributed by atoms with Crippen LogP contribution in [0.5, 0.6) is 5.88 Å². The summed E-state index contributed by atoms with van der Waals surface area (Å²) in [6, 6.07) is 12.5. The lowest BCUT2D eigenvalue weighted by Crippen LogP contribution is -2.24. The van der Waals surface area contributed by atoms with Crippen LogP contribution < -0.4 is 10.3 Å². The molecular weight excluding hydrogens is 494 g/mol. The van der Waals surface area contributed by atoms with Crippen molar-refractivity contribution in [1.29, 1.82) is 0 Å². The molecule has 0 spiro atoms. The summed E-state index contributed by atoms with van der Waals surface area (Å²) in [4.78, 5) is 26.1. The first-order chi connectivity index (χ1) is 16.5. The predicted octanol–water partition coefficient (Wildman–Crippen LogP) is 5.25. The van der Waals surface area contributed by atoms with E-state index in [0.29, 0.717) is 33.4 Å². The van der Waals surface area contributed by atoms with Gasteiger partial charge in [-0.05, 0) is 56.7 Å². The molecule has 0 amide bonds. The first-order valence-corrected chi connectivity index (χ1v) is 11.3. The van der Waals surface area contributed by atoms with E-state index in [1.165, 1.54) is 16.7 Å². The third-order valence-corrected chi connectivity index (χ3v) is 5.78. The van der Waals surface area contributed by atoms with Gasteiger partial charge in [0.2, 0.25) is 5.88 Å². The van der Waals surface area contributed by atoms with Gasteiger partial charge in [-0.15, -0.1) is 0 Å². The number of halogens is 3. The van der Waals surface area contributed by atoms with Gasteiger partial charge in [0.05, 0.1) is 16.4 Å². The molecular formula is C25H21Cl2FN4O3. The van der Waals surface area contributed by atoms with Crippen molar-refractivity contribution in [1.82, 2.24) is 19.5 Å². The lowest BCUT2D eigenvalue weighted by atomic mass is 10.1. The van der Waals surface area contributed by atoms with Gasteiger partial charge in [-0.3, -0.25) is 9.36 Å². The van der Waals surface area contributed by atoms with Crippen molar-refractivity contribution in [3.63, 3.8) is 0 Å². The number of aliphatic hydroxyl groups is 1. The molecule has 4 rings (SSSR count). The second kappa shape index (κ2) is 9.73. The van der Waals surface area contributed by atoms with E-state index in [2.05, 4.69) is 15.0 Å². The fourth-order valence-corrected chi connectivity index (χ4v) is 3.74. The van der Waals surface area contributed by atoms with E-state index in [1.54, 1.807) is 63.4 Å². The molecule has 0 fully saturated rings. The summed E-state index contributed by atoms with van der Waals surface area (Å²) in [5, 5.41) is 10.3. The molecule has 0 saturated heterocycles. The standard InChI is InChI=1S/C25H21Cl2FN4O3/c1-14-30-22(35-13-15-4-7-17(28)8-5-15)21(27)23(33)32(14)20-12-16(6-9-18(20)26)19-10-11-29-24(31-19)25(2,3)34/h4-12,34H,13H2,1-3H3. The smallest absolute Gasteiger partial charge is 0.280 e. The quantitative estimate of drug-likeness (QED) is 0.377. The minimum atomic E-state index is -1.22. The molecule has 0 aliphatic heterocycles. The van der Waals surface area contributed by atoms with Crippen LogP contribution in [0.2, 0.25) is 10.0 Å². The average molecular weight is 515 g/mol. The van der Waals surface area contributed by atoms with E-state index < -0.39 is 11.2 Å². The largest absolute Gasteiger partial charge is 0.472 e. The number of rotatable bonds is 6. The van der Waals surface area contributed by atoms with Gasteiger partial charge < -0.3 is 9.84 Å². The van der Waals surface area contributed by atoms with Gasteiger partial charge in [0.15, 0.2) is 10.8 Å². The summed E-state index contributed by atoms with van der Waals surface area (Å²) < 4.78 is 20.0. The SMILES string of the molecule is Cc1nc(OCc2ccc(F)cc2)c(Cl)c(=O)n1-c1cc(-c2ccnc(C(C)(C)O)n2)ccc1Cl. The van der Waals surface area contributed by atoms with E-state index in [1.807, 2.05) is 0 Å². The summed E-state index contributed by atoms with van der Waals surface area (Å²) in [5.41, 5.74) is 0.453. The number of aromatic nitrogens is 4. The van der Waals surface area contributed by atoms with Crippen LogP contribution in [-0.2, 0) is 12.2 Å². The highest BCUT2D eigenvalue weighted by atomic mass is 35.5. The van der Waals surface area contributed by atoms with E-state index in [0.717, 1.165) is 0 Å². The first-order valence-electron chi connectivity index (χ1n) is 10.6. The molecule has 2 aromatic carbocycles. The third kappa shape index (κ3) is 5.35. The molecule has 180 valence electrons. The van der Waals surface area contributed by atoms with Gasteiger partial charge in [-0.1, -0.05) is 41.4 Å². The molecule has 0 saturated carbocycles. The Morgan fingerprint density at radius 2 is 1.80 bits per heavy atom. The van der Waals surface area contributed by atoms with E-state index in [4.69, 9.17) is 27.9 Å². The highest BCUT2D eigenvalue weighted by Crippen LogP contribution is 2.29. The number of aryl methyl sites for hydroxylation is 1. The minimum Gasteiger partial charge on any atom is -0.472 e. The zero-order valence-corrected chi connectivity index (χ0v) is 20.6. The van der Waals surface area contributed by atoms with E-state index in [-0.39, 0.29) is 29.2 Å². The Kier molecular flexibility index (Phi) is 6.89. The van der Waals surface area contributed by atoms with Crippen LogP contribution in [-0.4, -0.2) is 24.6 Å². The topological polar surface area (TPSA) is 90.1 Å². The third-order valence-electron chi connectivity index (χ3n) is 5.14. The van der Waals surface area contributed by atoms with Gasteiger partial charge in [-0.2, -0.15) is 4.98 Å². The Hall–Kier alpha value is -3.33. The molecule has 1 N–H and O–H groups in total.